The minimum atomic E-state index is 0.540. The lowest BCUT2D eigenvalue weighted by Gasteiger charge is -2.24. The Hall–Kier alpha value is -0.830. The molecule has 0 radical (unpaired) electrons. The zero-order valence-corrected chi connectivity index (χ0v) is 9.80. The van der Waals surface area contributed by atoms with Crippen LogP contribution in [0.3, 0.4) is 0 Å². The zero-order valence-electron chi connectivity index (χ0n) is 8.99. The summed E-state index contributed by atoms with van der Waals surface area (Å²) in [5, 5.41) is 1.17. The Morgan fingerprint density at radius 2 is 2.29 bits per heavy atom. The topological polar surface area (TPSA) is 20.3 Å². The van der Waals surface area contributed by atoms with Crippen molar-refractivity contribution in [2.24, 2.45) is 0 Å². The van der Waals surface area contributed by atoms with Gasteiger partial charge in [-0.3, -0.25) is 4.79 Å². The lowest BCUT2D eigenvalue weighted by molar-refractivity contribution is 0.112. The number of carbonyl (C=O) groups is 1. The summed E-state index contributed by atoms with van der Waals surface area (Å²) in [5.41, 5.74) is 0. The van der Waals surface area contributed by atoms with Crippen molar-refractivity contribution in [3.05, 3.63) is 17.0 Å². The molecule has 0 aliphatic carbocycles. The van der Waals surface area contributed by atoms with Crippen molar-refractivity contribution >= 4 is 22.6 Å². The molecule has 0 aliphatic heterocycles. The van der Waals surface area contributed by atoms with E-state index in [0.717, 1.165) is 11.2 Å². The molecule has 1 unspecified atom stereocenters. The average molecular weight is 211 g/mol. The fourth-order valence-corrected chi connectivity index (χ4v) is 2.31. The molecule has 1 aromatic heterocycles. The highest BCUT2D eigenvalue weighted by Crippen LogP contribution is 2.26. The molecule has 1 aromatic rings. The van der Waals surface area contributed by atoms with Crippen LogP contribution in [0, 0.1) is 0 Å². The molecular weight excluding hydrogens is 194 g/mol. The summed E-state index contributed by atoms with van der Waals surface area (Å²) in [7, 11) is 2.08. The van der Waals surface area contributed by atoms with Crippen molar-refractivity contribution < 1.29 is 4.79 Å². The van der Waals surface area contributed by atoms with E-state index in [1.165, 1.54) is 17.8 Å². The highest BCUT2D eigenvalue weighted by molar-refractivity contribution is 7.17. The van der Waals surface area contributed by atoms with Gasteiger partial charge in [0.05, 0.1) is 9.88 Å². The minimum absolute atomic E-state index is 0.540. The van der Waals surface area contributed by atoms with Gasteiger partial charge in [0.25, 0.3) is 0 Å². The number of hydrogen-bond acceptors (Lipinski definition) is 3. The first kappa shape index (κ1) is 11.2. The minimum Gasteiger partial charge on any atom is -0.364 e. The molecule has 0 fully saturated rings. The van der Waals surface area contributed by atoms with Crippen LogP contribution in [-0.4, -0.2) is 19.4 Å². The predicted molar refractivity (Wildman–Crippen MR) is 62.5 cm³/mol. The number of carbonyl (C=O) groups excluding carboxylic acids is 1. The summed E-state index contributed by atoms with van der Waals surface area (Å²) in [6, 6.07) is 4.43. The SMILES string of the molecule is CCCC(C)N(C)c1ccc(C=O)s1. The smallest absolute Gasteiger partial charge is 0.160 e. The van der Waals surface area contributed by atoms with E-state index in [4.69, 9.17) is 0 Å². The van der Waals surface area contributed by atoms with Crippen LogP contribution in [0.15, 0.2) is 12.1 Å². The van der Waals surface area contributed by atoms with Gasteiger partial charge in [0, 0.05) is 13.1 Å². The average Bonchev–Trinajstić information content (AvgIpc) is 2.65. The van der Waals surface area contributed by atoms with Crippen molar-refractivity contribution in [2.75, 3.05) is 11.9 Å². The van der Waals surface area contributed by atoms with Gasteiger partial charge >= 0.3 is 0 Å². The van der Waals surface area contributed by atoms with Gasteiger partial charge in [0.1, 0.15) is 0 Å². The van der Waals surface area contributed by atoms with Crippen molar-refractivity contribution in [1.29, 1.82) is 0 Å². The van der Waals surface area contributed by atoms with Gasteiger partial charge in [-0.15, -0.1) is 11.3 Å². The molecular formula is C11H17NOS. The maximum absolute atomic E-state index is 10.5. The molecule has 78 valence electrons. The highest BCUT2D eigenvalue weighted by atomic mass is 32.1. The molecule has 14 heavy (non-hydrogen) atoms. The molecule has 1 atom stereocenters. The largest absolute Gasteiger partial charge is 0.364 e. The van der Waals surface area contributed by atoms with Gasteiger partial charge in [0.15, 0.2) is 6.29 Å². The summed E-state index contributed by atoms with van der Waals surface area (Å²) < 4.78 is 0. The van der Waals surface area contributed by atoms with Crippen LogP contribution < -0.4 is 4.90 Å². The first-order valence-corrected chi connectivity index (χ1v) is 5.78. The van der Waals surface area contributed by atoms with Crippen LogP contribution >= 0.6 is 11.3 Å². The van der Waals surface area contributed by atoms with E-state index in [2.05, 4.69) is 25.8 Å². The maximum atomic E-state index is 10.5. The molecule has 1 heterocycles. The van der Waals surface area contributed by atoms with Crippen LogP contribution in [0.4, 0.5) is 5.00 Å². The number of aldehydes is 1. The van der Waals surface area contributed by atoms with E-state index in [9.17, 15) is 4.79 Å². The molecule has 0 amide bonds. The maximum Gasteiger partial charge on any atom is 0.160 e. The van der Waals surface area contributed by atoms with Gasteiger partial charge < -0.3 is 4.90 Å². The number of anilines is 1. The first-order valence-electron chi connectivity index (χ1n) is 4.97. The Balaban J connectivity index is 2.67. The Kier molecular flexibility index (Phi) is 4.14. The first-order chi connectivity index (χ1) is 6.69. The predicted octanol–water partition coefficient (Wildman–Crippen LogP) is 3.19. The number of nitrogens with zero attached hydrogens (tertiary/aromatic N) is 1. The second-order valence-electron chi connectivity index (χ2n) is 3.54. The molecule has 0 saturated heterocycles. The van der Waals surface area contributed by atoms with Crippen molar-refractivity contribution in [3.63, 3.8) is 0 Å². The van der Waals surface area contributed by atoms with Gasteiger partial charge in [-0.05, 0) is 25.5 Å². The highest BCUT2D eigenvalue weighted by Gasteiger charge is 2.10. The van der Waals surface area contributed by atoms with Gasteiger partial charge in [-0.25, -0.2) is 0 Å². The number of thiophene rings is 1. The van der Waals surface area contributed by atoms with Gasteiger partial charge in [-0.1, -0.05) is 13.3 Å². The monoisotopic (exact) mass is 211 g/mol. The van der Waals surface area contributed by atoms with E-state index in [0.29, 0.717) is 6.04 Å². The lowest BCUT2D eigenvalue weighted by Crippen LogP contribution is -2.27. The number of rotatable bonds is 5. The Labute approximate surface area is 89.5 Å². The Morgan fingerprint density at radius 1 is 1.57 bits per heavy atom. The third-order valence-electron chi connectivity index (χ3n) is 2.44. The van der Waals surface area contributed by atoms with E-state index in [1.54, 1.807) is 11.3 Å². The van der Waals surface area contributed by atoms with Crippen molar-refractivity contribution in [2.45, 2.75) is 32.7 Å². The molecule has 2 nitrogen and oxygen atoms in total. The third kappa shape index (κ3) is 2.58. The normalized spacial score (nSPS) is 12.5. The van der Waals surface area contributed by atoms with Crippen LogP contribution in [0.1, 0.15) is 36.4 Å². The molecule has 1 rings (SSSR count). The van der Waals surface area contributed by atoms with Gasteiger partial charge in [0.2, 0.25) is 0 Å². The molecule has 0 saturated carbocycles. The van der Waals surface area contributed by atoms with Crippen LogP contribution in [0.5, 0.6) is 0 Å². The Bertz CT molecular complexity index is 295. The molecule has 0 aromatic carbocycles. The molecule has 0 spiro atoms. The third-order valence-corrected chi connectivity index (χ3v) is 3.55. The van der Waals surface area contributed by atoms with E-state index >= 15 is 0 Å². The van der Waals surface area contributed by atoms with Crippen molar-refractivity contribution in [1.82, 2.24) is 0 Å². The fraction of sp³-hybridized carbons (Fsp3) is 0.545. The van der Waals surface area contributed by atoms with E-state index in [-0.39, 0.29) is 0 Å². The molecule has 0 bridgehead atoms. The Morgan fingerprint density at radius 3 is 2.79 bits per heavy atom. The standard InChI is InChI=1S/C11H17NOS/c1-4-5-9(2)12(3)11-7-6-10(8-13)14-11/h6-9H,4-5H2,1-3H3. The molecule has 0 aliphatic rings. The van der Waals surface area contributed by atoms with Crippen molar-refractivity contribution in [3.8, 4) is 0 Å². The molecule has 3 heteroatoms. The second-order valence-corrected chi connectivity index (χ2v) is 4.64. The van der Waals surface area contributed by atoms with E-state index in [1.807, 2.05) is 12.1 Å². The zero-order chi connectivity index (χ0) is 10.6. The fourth-order valence-electron chi connectivity index (χ4n) is 1.42. The van der Waals surface area contributed by atoms with Crippen LogP contribution in [-0.2, 0) is 0 Å². The van der Waals surface area contributed by atoms with Crippen LogP contribution in [0.25, 0.3) is 0 Å². The summed E-state index contributed by atoms with van der Waals surface area (Å²) in [5.74, 6) is 0. The summed E-state index contributed by atoms with van der Waals surface area (Å²) in [4.78, 5) is 13.6. The van der Waals surface area contributed by atoms with Crippen LogP contribution in [0.2, 0.25) is 0 Å². The summed E-state index contributed by atoms with van der Waals surface area (Å²) in [6.45, 7) is 4.40. The lowest BCUT2D eigenvalue weighted by atomic mass is 10.2. The summed E-state index contributed by atoms with van der Waals surface area (Å²) >= 11 is 1.55. The quantitative estimate of drug-likeness (QED) is 0.697. The second kappa shape index (κ2) is 5.15. The van der Waals surface area contributed by atoms with Gasteiger partial charge in [-0.2, -0.15) is 0 Å². The van der Waals surface area contributed by atoms with E-state index < -0.39 is 0 Å². The number of hydrogen-bond donors (Lipinski definition) is 0. The molecule has 0 N–H and O–H groups in total. The summed E-state index contributed by atoms with van der Waals surface area (Å²) in [6.07, 6.45) is 3.29.